The van der Waals surface area contributed by atoms with E-state index in [1.807, 2.05) is 6.92 Å². The Bertz CT molecular complexity index is 40.8. The lowest BCUT2D eigenvalue weighted by atomic mass is 10.7. The van der Waals surface area contributed by atoms with Crippen molar-refractivity contribution < 1.29 is 4.74 Å². The van der Waals surface area contributed by atoms with Crippen LogP contribution >= 0.6 is 0 Å². The van der Waals surface area contributed by atoms with Gasteiger partial charge in [0.1, 0.15) is 6.23 Å². The Labute approximate surface area is 37.5 Å². The molecule has 1 fully saturated rings. The molecule has 0 bridgehead atoms. The Morgan fingerprint density at radius 3 is 2.83 bits per heavy atom. The van der Waals surface area contributed by atoms with Crippen LogP contribution in [0.3, 0.4) is 0 Å². The standard InChI is InChI=1S/C4H9NO/c1-4-5-2-3-6-4/h4-5H,2-3H2,1H3. The smallest absolute Gasteiger partial charge is 0.105 e. The van der Waals surface area contributed by atoms with Gasteiger partial charge in [-0.05, 0) is 6.92 Å². The van der Waals surface area contributed by atoms with E-state index in [4.69, 9.17) is 4.74 Å². The third-order valence-corrected chi connectivity index (χ3v) is 0.902. The minimum absolute atomic E-state index is 0.296. The summed E-state index contributed by atoms with van der Waals surface area (Å²) in [5, 5.41) is 3.10. The zero-order valence-corrected chi connectivity index (χ0v) is 3.90. The molecule has 0 radical (unpaired) electrons. The fourth-order valence-electron chi connectivity index (χ4n) is 0.557. The Morgan fingerprint density at radius 1 is 1.83 bits per heavy atom. The zero-order valence-electron chi connectivity index (χ0n) is 3.90. The summed E-state index contributed by atoms with van der Waals surface area (Å²) in [6.07, 6.45) is 0.296. The van der Waals surface area contributed by atoms with Crippen molar-refractivity contribution in [3.8, 4) is 0 Å². The third-order valence-electron chi connectivity index (χ3n) is 0.902. The second kappa shape index (κ2) is 1.58. The molecule has 6 heavy (non-hydrogen) atoms. The second-order valence-corrected chi connectivity index (χ2v) is 1.47. The van der Waals surface area contributed by atoms with Gasteiger partial charge in [-0.15, -0.1) is 0 Å². The van der Waals surface area contributed by atoms with Crippen LogP contribution in [0.2, 0.25) is 0 Å². The maximum Gasteiger partial charge on any atom is 0.105 e. The van der Waals surface area contributed by atoms with Crippen molar-refractivity contribution in [2.45, 2.75) is 13.2 Å². The summed E-state index contributed by atoms with van der Waals surface area (Å²) in [5.74, 6) is 0. The minimum Gasteiger partial charge on any atom is -0.362 e. The molecule has 1 aliphatic rings. The van der Waals surface area contributed by atoms with E-state index in [0.717, 1.165) is 13.2 Å². The molecule has 1 heterocycles. The number of ether oxygens (including phenoxy) is 1. The highest BCUT2D eigenvalue weighted by molar-refractivity contribution is 4.54. The van der Waals surface area contributed by atoms with Crippen molar-refractivity contribution >= 4 is 0 Å². The average Bonchev–Trinajstić information content (AvgIpc) is 1.86. The zero-order chi connectivity index (χ0) is 4.41. The van der Waals surface area contributed by atoms with Gasteiger partial charge in [-0.1, -0.05) is 0 Å². The lowest BCUT2D eigenvalue weighted by Gasteiger charge is -1.96. The molecule has 0 amide bonds. The highest BCUT2D eigenvalue weighted by Crippen LogP contribution is 1.89. The van der Waals surface area contributed by atoms with Gasteiger partial charge in [0.2, 0.25) is 0 Å². The highest BCUT2D eigenvalue weighted by atomic mass is 16.5. The lowest BCUT2D eigenvalue weighted by Crippen LogP contribution is -2.17. The first-order valence-corrected chi connectivity index (χ1v) is 2.24. The average molecular weight is 87.1 g/mol. The van der Waals surface area contributed by atoms with Gasteiger partial charge >= 0.3 is 0 Å². The molecule has 36 valence electrons. The van der Waals surface area contributed by atoms with E-state index in [9.17, 15) is 0 Å². The van der Waals surface area contributed by atoms with Crippen molar-refractivity contribution in [3.05, 3.63) is 0 Å². The van der Waals surface area contributed by atoms with Gasteiger partial charge in [0.25, 0.3) is 0 Å². The van der Waals surface area contributed by atoms with E-state index in [-0.39, 0.29) is 0 Å². The van der Waals surface area contributed by atoms with Crippen molar-refractivity contribution in [3.63, 3.8) is 0 Å². The molecular weight excluding hydrogens is 78.0 g/mol. The van der Waals surface area contributed by atoms with E-state index >= 15 is 0 Å². The summed E-state index contributed by atoms with van der Waals surface area (Å²) in [6.45, 7) is 3.90. The highest BCUT2D eigenvalue weighted by Gasteiger charge is 2.05. The topological polar surface area (TPSA) is 21.3 Å². The molecule has 1 aliphatic heterocycles. The van der Waals surface area contributed by atoms with Gasteiger partial charge in [0.05, 0.1) is 6.61 Å². The SMILES string of the molecule is CC1NCCO1. The molecule has 0 aromatic heterocycles. The summed E-state index contributed by atoms with van der Waals surface area (Å²) in [5.41, 5.74) is 0. The van der Waals surface area contributed by atoms with Crippen molar-refractivity contribution in [2.24, 2.45) is 0 Å². The molecule has 2 heteroatoms. The van der Waals surface area contributed by atoms with Crippen LogP contribution in [-0.4, -0.2) is 19.4 Å². The minimum atomic E-state index is 0.296. The fourth-order valence-corrected chi connectivity index (χ4v) is 0.557. The quantitative estimate of drug-likeness (QED) is 0.447. The summed E-state index contributed by atoms with van der Waals surface area (Å²) in [7, 11) is 0. The van der Waals surface area contributed by atoms with Crippen molar-refractivity contribution in [1.82, 2.24) is 5.32 Å². The second-order valence-electron chi connectivity index (χ2n) is 1.47. The van der Waals surface area contributed by atoms with E-state index in [0.29, 0.717) is 6.23 Å². The molecule has 0 aliphatic carbocycles. The molecule has 1 rings (SSSR count). The number of nitrogens with one attached hydrogen (secondary N) is 1. The molecule has 1 saturated heterocycles. The van der Waals surface area contributed by atoms with Gasteiger partial charge in [0.15, 0.2) is 0 Å². The van der Waals surface area contributed by atoms with E-state index in [2.05, 4.69) is 5.32 Å². The Hall–Kier alpha value is -0.0800. The van der Waals surface area contributed by atoms with Crippen LogP contribution in [0.4, 0.5) is 0 Å². The summed E-state index contributed by atoms with van der Waals surface area (Å²) >= 11 is 0. The Kier molecular flexibility index (Phi) is 1.08. The molecule has 2 nitrogen and oxygen atoms in total. The van der Waals surface area contributed by atoms with E-state index < -0.39 is 0 Å². The predicted octanol–water partition coefficient (Wildman–Crippen LogP) is -0.0478. The largest absolute Gasteiger partial charge is 0.362 e. The van der Waals surface area contributed by atoms with Crippen LogP contribution in [0.15, 0.2) is 0 Å². The first kappa shape index (κ1) is 4.09. The maximum atomic E-state index is 5.04. The van der Waals surface area contributed by atoms with Crippen molar-refractivity contribution in [1.29, 1.82) is 0 Å². The van der Waals surface area contributed by atoms with Crippen LogP contribution in [0.1, 0.15) is 6.92 Å². The van der Waals surface area contributed by atoms with Crippen LogP contribution in [0.25, 0.3) is 0 Å². The monoisotopic (exact) mass is 87.1 g/mol. The van der Waals surface area contributed by atoms with Gasteiger partial charge in [0, 0.05) is 6.54 Å². The first-order valence-electron chi connectivity index (χ1n) is 2.24. The maximum absolute atomic E-state index is 5.04. The van der Waals surface area contributed by atoms with Crippen LogP contribution in [-0.2, 0) is 4.74 Å². The first-order chi connectivity index (χ1) is 2.89. The Morgan fingerprint density at radius 2 is 2.67 bits per heavy atom. The van der Waals surface area contributed by atoms with E-state index in [1.165, 1.54) is 0 Å². The van der Waals surface area contributed by atoms with Gasteiger partial charge < -0.3 is 4.74 Å². The fraction of sp³-hybridized carbons (Fsp3) is 1.00. The summed E-state index contributed by atoms with van der Waals surface area (Å²) < 4.78 is 5.04. The lowest BCUT2D eigenvalue weighted by molar-refractivity contribution is 0.116. The number of hydrogen-bond donors (Lipinski definition) is 1. The molecule has 0 spiro atoms. The Balaban J connectivity index is 2.18. The number of rotatable bonds is 0. The molecular formula is C4H9NO. The van der Waals surface area contributed by atoms with Crippen LogP contribution in [0.5, 0.6) is 0 Å². The third kappa shape index (κ3) is 0.698. The molecule has 0 aromatic rings. The normalized spacial score (nSPS) is 34.5. The predicted molar refractivity (Wildman–Crippen MR) is 23.4 cm³/mol. The van der Waals surface area contributed by atoms with E-state index in [1.54, 1.807) is 0 Å². The summed E-state index contributed by atoms with van der Waals surface area (Å²) in [6, 6.07) is 0. The molecule has 1 atom stereocenters. The number of hydrogen-bond acceptors (Lipinski definition) is 2. The van der Waals surface area contributed by atoms with Gasteiger partial charge in [-0.25, -0.2) is 0 Å². The molecule has 1 N–H and O–H groups in total. The van der Waals surface area contributed by atoms with Gasteiger partial charge in [-0.3, -0.25) is 5.32 Å². The molecule has 1 unspecified atom stereocenters. The van der Waals surface area contributed by atoms with Crippen LogP contribution in [0, 0.1) is 0 Å². The van der Waals surface area contributed by atoms with Crippen molar-refractivity contribution in [2.75, 3.05) is 13.2 Å². The van der Waals surface area contributed by atoms with Gasteiger partial charge in [-0.2, -0.15) is 0 Å². The molecule has 0 saturated carbocycles. The molecule has 0 aromatic carbocycles. The summed E-state index contributed by atoms with van der Waals surface area (Å²) in [4.78, 5) is 0. The van der Waals surface area contributed by atoms with Crippen LogP contribution < -0.4 is 5.32 Å².